The molecule has 10 nitrogen and oxygen atoms in total. The maximum atomic E-state index is 11.2. The summed E-state index contributed by atoms with van der Waals surface area (Å²) in [5, 5.41) is 56.1. The predicted octanol–water partition coefficient (Wildman–Crippen LogP) is 7.06. The maximum absolute atomic E-state index is 11.2. The van der Waals surface area contributed by atoms with Crippen LogP contribution in [0.5, 0.6) is 11.5 Å². The number of nitrogens with two attached hydrogens (primary N) is 1. The van der Waals surface area contributed by atoms with E-state index in [-0.39, 0.29) is 37.0 Å². The van der Waals surface area contributed by atoms with Gasteiger partial charge in [-0.1, -0.05) is 93.5 Å². The number of rotatable bonds is 21. The highest BCUT2D eigenvalue weighted by molar-refractivity contribution is 6.04. The summed E-state index contributed by atoms with van der Waals surface area (Å²) >= 11 is 0. The van der Waals surface area contributed by atoms with Crippen molar-refractivity contribution >= 4 is 11.8 Å². The molecule has 3 aliphatic carbocycles. The van der Waals surface area contributed by atoms with Crippen molar-refractivity contribution < 1.29 is 35.0 Å². The van der Waals surface area contributed by atoms with Crippen molar-refractivity contribution in [1.29, 1.82) is 0 Å². The van der Waals surface area contributed by atoms with Crippen molar-refractivity contribution in [3.05, 3.63) is 101 Å². The minimum Gasteiger partial charge on any atom is -0.504 e. The number of benzene rings is 2. The van der Waals surface area contributed by atoms with Crippen LogP contribution >= 0.6 is 0 Å². The van der Waals surface area contributed by atoms with Gasteiger partial charge in [-0.15, -0.1) is 4.99 Å². The Balaban J connectivity index is 0.820. The first-order valence-corrected chi connectivity index (χ1v) is 22.4. The zero-order valence-electron chi connectivity index (χ0n) is 34.9. The summed E-state index contributed by atoms with van der Waals surface area (Å²) in [7, 11) is 0. The lowest BCUT2D eigenvalue weighted by molar-refractivity contribution is 0.102. The molecule has 59 heavy (non-hydrogen) atoms. The molecule has 0 spiro atoms. The average Bonchev–Trinajstić information content (AvgIpc) is 3.97. The van der Waals surface area contributed by atoms with Crippen LogP contribution in [0.25, 0.3) is 6.08 Å². The molecule has 0 aromatic heterocycles. The molecule has 9 unspecified atom stereocenters. The number of fused-ring (bicyclic) bond motifs is 3. The summed E-state index contributed by atoms with van der Waals surface area (Å²) in [5.41, 5.74) is 12.7. The van der Waals surface area contributed by atoms with Crippen molar-refractivity contribution in [3.63, 3.8) is 0 Å². The van der Waals surface area contributed by atoms with Crippen molar-refractivity contribution in [1.82, 2.24) is 5.32 Å². The van der Waals surface area contributed by atoms with Gasteiger partial charge in [0.1, 0.15) is 12.2 Å². The first kappa shape index (κ1) is 43.5. The van der Waals surface area contributed by atoms with E-state index in [9.17, 15) is 25.5 Å². The van der Waals surface area contributed by atoms with Gasteiger partial charge in [0, 0.05) is 44.2 Å². The third-order valence-electron chi connectivity index (χ3n) is 13.4. The average molecular weight is 810 g/mol. The number of aliphatic imine (C=N–C) groups is 1. The molecule has 2 aliphatic heterocycles. The number of phenols is 1. The topological polar surface area (TPSA) is 170 Å². The third-order valence-corrected chi connectivity index (χ3v) is 13.4. The lowest BCUT2D eigenvalue weighted by Gasteiger charge is -2.27. The highest BCUT2D eigenvalue weighted by atomic mass is 16.5. The molecule has 2 heterocycles. The number of hydrogen-bond acceptors (Lipinski definition) is 10. The van der Waals surface area contributed by atoms with Crippen LogP contribution in [0.4, 0.5) is 0 Å². The molecule has 10 heteroatoms. The highest BCUT2D eigenvalue weighted by Crippen LogP contribution is 2.47. The molecule has 320 valence electrons. The number of unbranched alkanes of at least 4 members (excludes halogenated alkanes) is 3. The number of aromatic hydroxyl groups is 1. The Labute approximate surface area is 351 Å². The van der Waals surface area contributed by atoms with Gasteiger partial charge in [-0.25, -0.2) is 0 Å². The molecule has 9 atom stereocenters. The fourth-order valence-electron chi connectivity index (χ4n) is 10.1. The van der Waals surface area contributed by atoms with Gasteiger partial charge in [0.05, 0.1) is 24.2 Å². The Hall–Kier alpha value is -3.61. The van der Waals surface area contributed by atoms with Crippen LogP contribution in [0, 0.1) is 35.8 Å². The van der Waals surface area contributed by atoms with Crippen LogP contribution in [-0.2, 0) is 11.2 Å². The summed E-state index contributed by atoms with van der Waals surface area (Å²) < 4.78 is 12.3. The molecule has 0 bridgehead atoms. The van der Waals surface area contributed by atoms with Crippen LogP contribution < -0.4 is 15.8 Å². The fourth-order valence-corrected chi connectivity index (χ4v) is 10.1. The molecule has 0 saturated heterocycles. The summed E-state index contributed by atoms with van der Waals surface area (Å²) in [4.78, 5) is 4.92. The first-order valence-electron chi connectivity index (χ1n) is 22.4. The molecule has 8 N–H and O–H groups in total. The van der Waals surface area contributed by atoms with E-state index in [0.717, 1.165) is 98.4 Å². The number of nitrogens with zero attached hydrogens (tertiary/aromatic N) is 1. The van der Waals surface area contributed by atoms with Gasteiger partial charge >= 0.3 is 0 Å². The lowest BCUT2D eigenvalue weighted by atomic mass is 9.80. The van der Waals surface area contributed by atoms with Gasteiger partial charge in [0.2, 0.25) is 0 Å². The van der Waals surface area contributed by atoms with E-state index >= 15 is 0 Å². The minimum atomic E-state index is -0.937. The van der Waals surface area contributed by atoms with E-state index in [1.54, 1.807) is 13.0 Å². The largest absolute Gasteiger partial charge is 0.504 e. The van der Waals surface area contributed by atoms with E-state index in [1.165, 1.54) is 24.8 Å². The van der Waals surface area contributed by atoms with E-state index in [0.29, 0.717) is 48.9 Å². The van der Waals surface area contributed by atoms with Crippen molar-refractivity contribution in [2.45, 2.75) is 127 Å². The van der Waals surface area contributed by atoms with Crippen molar-refractivity contribution in [2.75, 3.05) is 26.3 Å². The Kier molecular flexibility index (Phi) is 15.3. The summed E-state index contributed by atoms with van der Waals surface area (Å²) in [6.07, 6.45) is 21.0. The molecule has 2 saturated carbocycles. The number of phenolic OH excluding ortho intramolecular Hbond substituents is 1. The molecule has 0 amide bonds. The monoisotopic (exact) mass is 809 g/mol. The van der Waals surface area contributed by atoms with Gasteiger partial charge in [-0.2, -0.15) is 11.6 Å². The smallest absolute Gasteiger partial charge is 0.189 e. The van der Waals surface area contributed by atoms with Crippen molar-refractivity contribution in [2.24, 2.45) is 34.4 Å². The number of ether oxygens (including phenoxy) is 2. The second kappa shape index (κ2) is 20.8. The van der Waals surface area contributed by atoms with E-state index in [4.69, 9.17) is 20.2 Å². The summed E-state index contributed by atoms with van der Waals surface area (Å²) in [5.74, 6) is 1.98. The number of aliphatic hydroxyl groups excluding tert-OH is 4. The Morgan fingerprint density at radius 3 is 2.78 bits per heavy atom. The summed E-state index contributed by atoms with van der Waals surface area (Å²) in [6, 6.07) is 14.0. The quantitative estimate of drug-likeness (QED) is 0.0516. The highest BCUT2D eigenvalue weighted by Gasteiger charge is 2.47. The van der Waals surface area contributed by atoms with Gasteiger partial charge < -0.3 is 46.1 Å². The molecule has 0 radical (unpaired) electrons. The third kappa shape index (κ3) is 11.2. The predicted molar refractivity (Wildman–Crippen MR) is 232 cm³/mol. The Morgan fingerprint density at radius 1 is 1.08 bits per heavy atom. The first-order chi connectivity index (χ1) is 28.7. The molecular formula is C49H67N3O7. The van der Waals surface area contributed by atoms with Crippen LogP contribution in [0.2, 0.25) is 0 Å². The normalized spacial score (nSPS) is 26.4. The zero-order valence-corrected chi connectivity index (χ0v) is 34.9. The van der Waals surface area contributed by atoms with Crippen LogP contribution in [-0.4, -0.2) is 81.9 Å². The van der Waals surface area contributed by atoms with Crippen LogP contribution in [0.1, 0.15) is 113 Å². The minimum absolute atomic E-state index is 0.0179. The molecule has 7 rings (SSSR count). The van der Waals surface area contributed by atoms with Gasteiger partial charge in [0.25, 0.3) is 0 Å². The van der Waals surface area contributed by atoms with E-state index in [1.807, 2.05) is 42.5 Å². The molecular weight excluding hydrogens is 743 g/mol. The van der Waals surface area contributed by atoms with E-state index in [2.05, 4.69) is 23.5 Å². The lowest BCUT2D eigenvalue weighted by Crippen LogP contribution is -2.34. The fraction of sp³-hybridized carbons (Fsp3) is 0.571. The van der Waals surface area contributed by atoms with Crippen LogP contribution in [0.3, 0.4) is 0 Å². The number of aryl methyl sites for hydroxylation is 1. The second-order valence-electron chi connectivity index (χ2n) is 17.8. The zero-order chi connectivity index (χ0) is 41.3. The Morgan fingerprint density at radius 2 is 1.93 bits per heavy atom. The standard InChI is InChI=1S/C49H67N3O7/c1-31(54)27-51-28-42-39-13-8-10-33(39)19-21-43-41(42)26-44(52-43)46(56)30-58-48-23-32(16-22-45(48)55)15-20-38-25-36(29-53)47(59-38)14-5-3-2-4-11-37(50)24-35-18-17-34-9-6-7-12-40(34)49(35)57/h6-7,9,12,16-18,22-23,25-26,31,33,35,37,39,42,46-47,49,51,53-57H,2-5,8,10-11,13-15,19-21,24,27-30,50H2,1H3. The molecule has 2 fully saturated rings. The SMILES string of the molecule is CC(O)CNCC1C2=C[C+](C(O)COc3cc(CC[C-]4C=C(CO)C(CCCCCCC(N)CC5C=Cc6ccccc6C5O)O4)ccc3O)N=C2CCC2CCCC21. The molecule has 2 aromatic carbocycles. The second-order valence-corrected chi connectivity index (χ2v) is 17.8. The van der Waals surface area contributed by atoms with Gasteiger partial charge in [0.15, 0.2) is 29.4 Å². The van der Waals surface area contributed by atoms with E-state index < -0.39 is 18.3 Å². The van der Waals surface area contributed by atoms with Crippen LogP contribution in [0.15, 0.2) is 76.8 Å². The van der Waals surface area contributed by atoms with Gasteiger partial charge in [-0.05, 0) is 86.1 Å². The summed E-state index contributed by atoms with van der Waals surface area (Å²) in [6.45, 7) is 3.08. The number of hydrogen-bond donors (Lipinski definition) is 7. The Bertz CT molecular complexity index is 1810. The molecule has 2 aromatic rings. The maximum Gasteiger partial charge on any atom is 0.189 e. The number of nitrogens with one attached hydrogen (secondary N) is 1. The number of aliphatic hydroxyl groups is 4. The van der Waals surface area contributed by atoms with Crippen molar-refractivity contribution in [3.8, 4) is 11.5 Å². The van der Waals surface area contributed by atoms with Gasteiger partial charge in [-0.3, -0.25) is 0 Å². The molecule has 5 aliphatic rings.